The summed E-state index contributed by atoms with van der Waals surface area (Å²) in [4.78, 5) is 27.2. The first-order valence-corrected chi connectivity index (χ1v) is 7.91. The summed E-state index contributed by atoms with van der Waals surface area (Å²) >= 11 is 3.37. The van der Waals surface area contributed by atoms with Crippen LogP contribution in [0, 0.1) is 0 Å². The van der Waals surface area contributed by atoms with Gasteiger partial charge < -0.3 is 15.7 Å². The van der Waals surface area contributed by atoms with Crippen molar-refractivity contribution < 1.29 is 14.7 Å². The number of aromatic nitrogens is 1. The molecule has 0 fully saturated rings. The van der Waals surface area contributed by atoms with Gasteiger partial charge in [-0.15, -0.1) is 0 Å². The summed E-state index contributed by atoms with van der Waals surface area (Å²) in [7, 11) is 0. The van der Waals surface area contributed by atoms with E-state index in [-0.39, 0.29) is 6.42 Å². The summed E-state index contributed by atoms with van der Waals surface area (Å²) < 4.78 is 0.862. The fourth-order valence-electron chi connectivity index (χ4n) is 2.18. The number of urea groups is 1. The molecular formula is C16H18BrN3O3. The van der Waals surface area contributed by atoms with Crippen LogP contribution >= 0.6 is 15.9 Å². The fourth-order valence-corrected chi connectivity index (χ4v) is 2.53. The van der Waals surface area contributed by atoms with E-state index in [2.05, 4.69) is 31.5 Å². The predicted octanol–water partition coefficient (Wildman–Crippen LogP) is 3.76. The third-order valence-corrected chi connectivity index (χ3v) is 3.78. The number of carboxylic acids is 1. The fraction of sp³-hybridized carbons (Fsp3) is 0.312. The van der Waals surface area contributed by atoms with Gasteiger partial charge in [0.15, 0.2) is 0 Å². The molecule has 1 aromatic carbocycles. The zero-order valence-corrected chi connectivity index (χ0v) is 14.5. The summed E-state index contributed by atoms with van der Waals surface area (Å²) in [6, 6.07) is 7.04. The van der Waals surface area contributed by atoms with Crippen LogP contribution in [0.2, 0.25) is 0 Å². The quantitative estimate of drug-likeness (QED) is 0.737. The molecule has 2 aromatic rings. The molecule has 0 spiro atoms. The number of rotatable bonds is 5. The molecule has 0 aliphatic rings. The molecule has 7 heteroatoms. The van der Waals surface area contributed by atoms with Gasteiger partial charge in [-0.3, -0.25) is 9.78 Å². The van der Waals surface area contributed by atoms with E-state index in [1.807, 2.05) is 18.2 Å². The molecule has 0 atom stereocenters. The van der Waals surface area contributed by atoms with Gasteiger partial charge in [0.25, 0.3) is 0 Å². The Balaban J connectivity index is 2.10. The van der Waals surface area contributed by atoms with Crippen molar-refractivity contribution in [1.82, 2.24) is 10.3 Å². The second kappa shape index (κ2) is 6.95. The summed E-state index contributed by atoms with van der Waals surface area (Å²) in [6.45, 7) is 3.57. The number of carbonyl (C=O) groups is 2. The minimum atomic E-state index is -0.885. The lowest BCUT2D eigenvalue weighted by Crippen LogP contribution is -2.45. The van der Waals surface area contributed by atoms with Gasteiger partial charge in [-0.05, 0) is 48.3 Å². The van der Waals surface area contributed by atoms with Gasteiger partial charge in [-0.2, -0.15) is 0 Å². The number of nitrogens with zero attached hydrogens (tertiary/aromatic N) is 1. The third kappa shape index (κ3) is 4.92. The van der Waals surface area contributed by atoms with Crippen LogP contribution in [-0.2, 0) is 4.79 Å². The molecule has 2 amide bonds. The third-order valence-electron chi connectivity index (χ3n) is 3.34. The average molecular weight is 380 g/mol. The Morgan fingerprint density at radius 2 is 2.09 bits per heavy atom. The van der Waals surface area contributed by atoms with Crippen molar-refractivity contribution in [2.75, 3.05) is 5.32 Å². The van der Waals surface area contributed by atoms with Gasteiger partial charge >= 0.3 is 12.0 Å². The first-order chi connectivity index (χ1) is 10.8. The van der Waals surface area contributed by atoms with E-state index in [1.54, 1.807) is 26.1 Å². The Bertz CT molecular complexity index is 746. The van der Waals surface area contributed by atoms with E-state index < -0.39 is 17.5 Å². The van der Waals surface area contributed by atoms with Crippen LogP contribution in [0.4, 0.5) is 10.5 Å². The summed E-state index contributed by atoms with van der Waals surface area (Å²) in [6.07, 6.45) is 2.01. The van der Waals surface area contributed by atoms with E-state index in [9.17, 15) is 9.59 Å². The number of halogens is 1. The van der Waals surface area contributed by atoms with Gasteiger partial charge in [-0.1, -0.05) is 12.1 Å². The van der Waals surface area contributed by atoms with Crippen LogP contribution in [0.5, 0.6) is 0 Å². The van der Waals surface area contributed by atoms with E-state index >= 15 is 0 Å². The van der Waals surface area contributed by atoms with Gasteiger partial charge in [0, 0.05) is 28.0 Å². The zero-order chi connectivity index (χ0) is 17.0. The molecule has 0 radical (unpaired) electrons. The Morgan fingerprint density at radius 1 is 1.35 bits per heavy atom. The molecule has 1 heterocycles. The molecule has 0 aliphatic carbocycles. The topological polar surface area (TPSA) is 91.3 Å². The molecule has 0 bridgehead atoms. The SMILES string of the molecule is CC(C)(CCC(=O)O)NC(=O)Nc1cccc2cc(Br)cnc12. The lowest BCUT2D eigenvalue weighted by Gasteiger charge is -2.25. The van der Waals surface area contributed by atoms with Gasteiger partial charge in [0.2, 0.25) is 0 Å². The van der Waals surface area contributed by atoms with Crippen molar-refractivity contribution in [3.8, 4) is 0 Å². The highest BCUT2D eigenvalue weighted by Crippen LogP contribution is 2.24. The van der Waals surface area contributed by atoms with Crippen molar-refractivity contribution in [2.24, 2.45) is 0 Å². The highest BCUT2D eigenvalue weighted by molar-refractivity contribution is 9.10. The molecule has 0 saturated carbocycles. The first-order valence-electron chi connectivity index (χ1n) is 7.12. The van der Waals surface area contributed by atoms with Crippen molar-refractivity contribution >= 4 is 44.5 Å². The maximum absolute atomic E-state index is 12.2. The number of pyridine rings is 1. The number of benzene rings is 1. The van der Waals surface area contributed by atoms with Crippen molar-refractivity contribution in [1.29, 1.82) is 0 Å². The Labute approximate surface area is 142 Å². The minimum absolute atomic E-state index is 0.00285. The molecule has 3 N–H and O–H groups in total. The molecule has 0 aliphatic heterocycles. The summed E-state index contributed by atoms with van der Waals surface area (Å²) in [5.74, 6) is -0.885. The summed E-state index contributed by atoms with van der Waals surface area (Å²) in [5, 5.41) is 15.2. The number of anilines is 1. The van der Waals surface area contributed by atoms with Crippen LogP contribution in [0.1, 0.15) is 26.7 Å². The van der Waals surface area contributed by atoms with Gasteiger partial charge in [0.1, 0.15) is 0 Å². The van der Waals surface area contributed by atoms with Crippen molar-refractivity contribution in [3.05, 3.63) is 34.9 Å². The normalized spacial score (nSPS) is 11.3. The monoisotopic (exact) mass is 379 g/mol. The highest BCUT2D eigenvalue weighted by Gasteiger charge is 2.21. The number of para-hydroxylation sites is 1. The van der Waals surface area contributed by atoms with E-state index in [4.69, 9.17) is 5.11 Å². The maximum atomic E-state index is 12.2. The number of aliphatic carboxylic acids is 1. The molecule has 0 saturated heterocycles. The van der Waals surface area contributed by atoms with Crippen LogP contribution in [0.25, 0.3) is 10.9 Å². The molecule has 6 nitrogen and oxygen atoms in total. The standard InChI is InChI=1S/C16H18BrN3O3/c1-16(2,7-6-13(21)22)20-15(23)19-12-5-3-4-10-8-11(17)9-18-14(10)12/h3-5,8-9H,6-7H2,1-2H3,(H,21,22)(H2,19,20,23). The zero-order valence-electron chi connectivity index (χ0n) is 12.9. The lowest BCUT2D eigenvalue weighted by molar-refractivity contribution is -0.137. The molecule has 23 heavy (non-hydrogen) atoms. The smallest absolute Gasteiger partial charge is 0.319 e. The van der Waals surface area contributed by atoms with Crippen LogP contribution < -0.4 is 10.6 Å². The van der Waals surface area contributed by atoms with Crippen LogP contribution in [0.15, 0.2) is 34.9 Å². The number of fused-ring (bicyclic) bond motifs is 1. The number of hydrogen-bond donors (Lipinski definition) is 3. The lowest BCUT2D eigenvalue weighted by atomic mass is 9.99. The largest absolute Gasteiger partial charge is 0.481 e. The molecular weight excluding hydrogens is 362 g/mol. The molecule has 122 valence electrons. The van der Waals surface area contributed by atoms with Crippen LogP contribution in [0.3, 0.4) is 0 Å². The summed E-state index contributed by atoms with van der Waals surface area (Å²) in [5.41, 5.74) is 0.666. The predicted molar refractivity (Wildman–Crippen MR) is 92.5 cm³/mol. The molecule has 1 aromatic heterocycles. The van der Waals surface area contributed by atoms with Crippen LogP contribution in [-0.4, -0.2) is 27.6 Å². The number of carboxylic acid groups (broad SMARTS) is 1. The number of carbonyl (C=O) groups excluding carboxylic acids is 1. The van der Waals surface area contributed by atoms with Gasteiger partial charge in [0.05, 0.1) is 11.2 Å². The first kappa shape index (κ1) is 17.2. The van der Waals surface area contributed by atoms with Crippen molar-refractivity contribution in [3.63, 3.8) is 0 Å². The van der Waals surface area contributed by atoms with E-state index in [0.29, 0.717) is 17.6 Å². The maximum Gasteiger partial charge on any atom is 0.319 e. The second-order valence-corrected chi connectivity index (χ2v) is 6.80. The molecule has 2 rings (SSSR count). The Kier molecular flexibility index (Phi) is 5.20. The molecule has 0 unspecified atom stereocenters. The average Bonchev–Trinajstić information content (AvgIpc) is 2.44. The minimum Gasteiger partial charge on any atom is -0.481 e. The number of nitrogens with one attached hydrogen (secondary N) is 2. The van der Waals surface area contributed by atoms with E-state index in [0.717, 1.165) is 9.86 Å². The van der Waals surface area contributed by atoms with Gasteiger partial charge in [-0.25, -0.2) is 4.79 Å². The second-order valence-electron chi connectivity index (χ2n) is 5.89. The number of hydrogen-bond acceptors (Lipinski definition) is 3. The number of amides is 2. The highest BCUT2D eigenvalue weighted by atomic mass is 79.9. The van der Waals surface area contributed by atoms with E-state index in [1.165, 1.54) is 0 Å². The Morgan fingerprint density at radius 3 is 2.78 bits per heavy atom. The Hall–Kier alpha value is -2.15. The van der Waals surface area contributed by atoms with Crippen molar-refractivity contribution in [2.45, 2.75) is 32.2 Å².